The van der Waals surface area contributed by atoms with Crippen LogP contribution < -0.4 is 4.74 Å². The lowest BCUT2D eigenvalue weighted by molar-refractivity contribution is -0.137. The van der Waals surface area contributed by atoms with Crippen molar-refractivity contribution in [3.8, 4) is 16.9 Å². The zero-order chi connectivity index (χ0) is 14.0. The number of benzene rings is 1. The van der Waals surface area contributed by atoms with E-state index in [1.54, 1.807) is 0 Å². The molecule has 0 saturated heterocycles. The molecule has 2 nitrogen and oxygen atoms in total. The molecule has 100 valence electrons. The molecule has 1 aromatic heterocycles. The summed E-state index contributed by atoms with van der Waals surface area (Å²) in [4.78, 5) is 3.42. The Bertz CT molecular complexity index is 578. The molecule has 0 amide bonds. The highest BCUT2D eigenvalue weighted by atomic mass is 19.4. The Morgan fingerprint density at radius 1 is 1.05 bits per heavy atom. The molecule has 0 fully saturated rings. The van der Waals surface area contributed by atoms with E-state index in [4.69, 9.17) is 4.74 Å². The Morgan fingerprint density at radius 2 is 1.68 bits per heavy atom. The highest BCUT2D eigenvalue weighted by Crippen LogP contribution is 2.34. The molecule has 0 N–H and O–H groups in total. The molecule has 0 atom stereocenters. The zero-order valence-electron chi connectivity index (χ0n) is 9.83. The minimum Gasteiger partial charge on any atom is -0.491 e. The van der Waals surface area contributed by atoms with Gasteiger partial charge in [0.25, 0.3) is 5.95 Å². The monoisotopic (exact) mass is 271 g/mol. The Hall–Kier alpha value is -2.11. The van der Waals surface area contributed by atoms with Gasteiger partial charge in [0, 0.05) is 11.8 Å². The smallest absolute Gasteiger partial charge is 0.416 e. The standard InChI is InChI=1S/C13H9F4NO/c1-19-11-10(6-7-18-12(11)14)8-2-4-9(5-3-8)13(15,16)17/h2-7H,1H3. The maximum Gasteiger partial charge on any atom is 0.416 e. The third-order valence-corrected chi connectivity index (χ3v) is 2.59. The van der Waals surface area contributed by atoms with Crippen molar-refractivity contribution in [1.82, 2.24) is 4.98 Å². The van der Waals surface area contributed by atoms with Gasteiger partial charge in [-0.2, -0.15) is 17.6 Å². The Balaban J connectivity index is 2.46. The van der Waals surface area contributed by atoms with Crippen molar-refractivity contribution in [3.05, 3.63) is 48.0 Å². The molecule has 0 radical (unpaired) electrons. The number of hydrogen-bond donors (Lipinski definition) is 0. The first-order chi connectivity index (χ1) is 8.93. The number of aromatic nitrogens is 1. The van der Waals surface area contributed by atoms with Gasteiger partial charge < -0.3 is 4.74 Å². The van der Waals surface area contributed by atoms with Crippen LogP contribution in [0.5, 0.6) is 5.75 Å². The minimum atomic E-state index is -4.40. The first kappa shape index (κ1) is 13.3. The summed E-state index contributed by atoms with van der Waals surface area (Å²) >= 11 is 0. The summed E-state index contributed by atoms with van der Waals surface area (Å²) in [5.41, 5.74) is 0.0135. The lowest BCUT2D eigenvalue weighted by Gasteiger charge is -2.10. The molecule has 0 aliphatic heterocycles. The molecule has 2 rings (SSSR count). The summed E-state index contributed by atoms with van der Waals surface area (Å²) < 4.78 is 55.6. The van der Waals surface area contributed by atoms with E-state index in [-0.39, 0.29) is 5.75 Å². The predicted molar refractivity (Wildman–Crippen MR) is 61.2 cm³/mol. The van der Waals surface area contributed by atoms with E-state index in [9.17, 15) is 17.6 Å². The fraction of sp³-hybridized carbons (Fsp3) is 0.154. The van der Waals surface area contributed by atoms with E-state index >= 15 is 0 Å². The lowest BCUT2D eigenvalue weighted by atomic mass is 10.0. The van der Waals surface area contributed by atoms with Crippen LogP contribution in [0.3, 0.4) is 0 Å². The quantitative estimate of drug-likeness (QED) is 0.610. The van der Waals surface area contributed by atoms with Gasteiger partial charge in [0.05, 0.1) is 12.7 Å². The van der Waals surface area contributed by atoms with E-state index in [1.807, 2.05) is 0 Å². The molecule has 1 aromatic carbocycles. The summed E-state index contributed by atoms with van der Waals surface area (Å²) in [5.74, 6) is -0.901. The van der Waals surface area contributed by atoms with Crippen LogP contribution in [0.15, 0.2) is 36.5 Å². The third-order valence-electron chi connectivity index (χ3n) is 2.59. The number of halogens is 4. The highest BCUT2D eigenvalue weighted by molar-refractivity contribution is 5.70. The Labute approximate surface area is 106 Å². The van der Waals surface area contributed by atoms with E-state index in [0.29, 0.717) is 11.1 Å². The van der Waals surface area contributed by atoms with Gasteiger partial charge in [-0.1, -0.05) is 12.1 Å². The first-order valence-corrected chi connectivity index (χ1v) is 5.29. The molecule has 1 heterocycles. The van der Waals surface area contributed by atoms with Crippen LogP contribution in [0.4, 0.5) is 17.6 Å². The average molecular weight is 271 g/mol. The van der Waals surface area contributed by atoms with Crippen molar-refractivity contribution in [2.45, 2.75) is 6.18 Å². The summed E-state index contributed by atoms with van der Waals surface area (Å²) in [5, 5.41) is 0. The topological polar surface area (TPSA) is 22.1 Å². The molecule has 2 aromatic rings. The lowest BCUT2D eigenvalue weighted by Crippen LogP contribution is -2.04. The Kier molecular flexibility index (Phi) is 3.42. The first-order valence-electron chi connectivity index (χ1n) is 5.29. The average Bonchev–Trinajstić information content (AvgIpc) is 2.37. The molecule has 0 spiro atoms. The van der Waals surface area contributed by atoms with Crippen LogP contribution in [0.1, 0.15) is 5.56 Å². The maximum atomic E-state index is 13.4. The van der Waals surface area contributed by atoms with Gasteiger partial charge in [-0.3, -0.25) is 0 Å². The fourth-order valence-corrected chi connectivity index (χ4v) is 1.68. The number of hydrogen-bond acceptors (Lipinski definition) is 2. The van der Waals surface area contributed by atoms with Crippen LogP contribution in [0.25, 0.3) is 11.1 Å². The SMILES string of the molecule is COc1c(-c2ccc(C(F)(F)F)cc2)ccnc1F. The fourth-order valence-electron chi connectivity index (χ4n) is 1.68. The van der Waals surface area contributed by atoms with Crippen LogP contribution in [0.2, 0.25) is 0 Å². The van der Waals surface area contributed by atoms with Gasteiger partial charge in [0.2, 0.25) is 0 Å². The van der Waals surface area contributed by atoms with Gasteiger partial charge in [-0.25, -0.2) is 4.98 Å². The van der Waals surface area contributed by atoms with Crippen LogP contribution in [-0.4, -0.2) is 12.1 Å². The van der Waals surface area contributed by atoms with Crippen molar-refractivity contribution in [2.75, 3.05) is 7.11 Å². The molecule has 0 saturated carbocycles. The van der Waals surface area contributed by atoms with E-state index in [0.717, 1.165) is 12.1 Å². The molecule has 0 bridgehead atoms. The summed E-state index contributed by atoms with van der Waals surface area (Å²) in [7, 11) is 1.27. The van der Waals surface area contributed by atoms with Crippen molar-refractivity contribution in [3.63, 3.8) is 0 Å². The second kappa shape index (κ2) is 4.87. The summed E-state index contributed by atoms with van der Waals surface area (Å²) in [6.07, 6.45) is -3.17. The number of methoxy groups -OCH3 is 1. The van der Waals surface area contributed by atoms with Crippen molar-refractivity contribution in [2.24, 2.45) is 0 Å². The van der Waals surface area contributed by atoms with Gasteiger partial charge in [-0.15, -0.1) is 0 Å². The van der Waals surface area contributed by atoms with Crippen LogP contribution in [0, 0.1) is 5.95 Å². The Morgan fingerprint density at radius 3 is 2.21 bits per heavy atom. The second-order valence-electron chi connectivity index (χ2n) is 3.76. The molecule has 0 aliphatic carbocycles. The molecule has 0 aliphatic rings. The highest BCUT2D eigenvalue weighted by Gasteiger charge is 2.30. The van der Waals surface area contributed by atoms with Crippen molar-refractivity contribution >= 4 is 0 Å². The maximum absolute atomic E-state index is 13.4. The predicted octanol–water partition coefficient (Wildman–Crippen LogP) is 3.92. The number of pyridine rings is 1. The summed E-state index contributed by atoms with van der Waals surface area (Å²) in [6.45, 7) is 0. The third kappa shape index (κ3) is 2.67. The number of ether oxygens (including phenoxy) is 1. The number of nitrogens with zero attached hydrogens (tertiary/aromatic N) is 1. The van der Waals surface area contributed by atoms with Crippen molar-refractivity contribution < 1.29 is 22.3 Å². The second-order valence-corrected chi connectivity index (χ2v) is 3.76. The van der Waals surface area contributed by atoms with Crippen LogP contribution in [-0.2, 0) is 6.18 Å². The van der Waals surface area contributed by atoms with Gasteiger partial charge in [0.15, 0.2) is 5.75 Å². The van der Waals surface area contributed by atoms with Gasteiger partial charge in [-0.05, 0) is 23.8 Å². The molecule has 0 unspecified atom stereocenters. The molecule has 19 heavy (non-hydrogen) atoms. The number of alkyl halides is 3. The van der Waals surface area contributed by atoms with Gasteiger partial charge >= 0.3 is 6.18 Å². The van der Waals surface area contributed by atoms with Gasteiger partial charge in [0.1, 0.15) is 0 Å². The summed E-state index contributed by atoms with van der Waals surface area (Å²) in [6, 6.07) is 5.88. The molecular weight excluding hydrogens is 262 g/mol. The number of rotatable bonds is 2. The molecular formula is C13H9F4NO. The normalized spacial score (nSPS) is 11.4. The van der Waals surface area contributed by atoms with E-state index in [2.05, 4.69) is 4.98 Å². The largest absolute Gasteiger partial charge is 0.491 e. The van der Waals surface area contributed by atoms with E-state index < -0.39 is 17.7 Å². The molecule has 6 heteroatoms. The minimum absolute atomic E-state index is 0.0951. The zero-order valence-corrected chi connectivity index (χ0v) is 9.83. The van der Waals surface area contributed by atoms with Crippen molar-refractivity contribution in [1.29, 1.82) is 0 Å². The van der Waals surface area contributed by atoms with Crippen LogP contribution >= 0.6 is 0 Å². The van der Waals surface area contributed by atoms with E-state index in [1.165, 1.54) is 31.5 Å².